The molecule has 0 aliphatic heterocycles. The number of hydrogen-bond donors (Lipinski definition) is 2. The highest BCUT2D eigenvalue weighted by atomic mass is 79.9. The molecule has 0 fully saturated rings. The number of nitrogens with one attached hydrogen (secondary N) is 1. The van der Waals surface area contributed by atoms with E-state index >= 15 is 0 Å². The third kappa shape index (κ3) is 2.88. The van der Waals surface area contributed by atoms with Gasteiger partial charge in [0.15, 0.2) is 0 Å². The van der Waals surface area contributed by atoms with Gasteiger partial charge in [-0.2, -0.15) is 0 Å². The Morgan fingerprint density at radius 1 is 1.28 bits per heavy atom. The number of nitrogen functional groups attached to an aromatic ring is 1. The first-order valence-corrected chi connectivity index (χ1v) is 6.63. The van der Waals surface area contributed by atoms with Crippen LogP contribution in [0.25, 0.3) is 0 Å². The number of amides is 1. The van der Waals surface area contributed by atoms with E-state index in [0.717, 1.165) is 4.47 Å². The molecule has 1 aromatic heterocycles. The first kappa shape index (κ1) is 13.0. The van der Waals surface area contributed by atoms with Crippen molar-refractivity contribution in [2.75, 3.05) is 11.1 Å². The normalized spacial score (nSPS) is 10.1. The summed E-state index contributed by atoms with van der Waals surface area (Å²) in [5, 5.41) is 2.69. The van der Waals surface area contributed by atoms with Crippen LogP contribution in [0.4, 0.5) is 11.5 Å². The summed E-state index contributed by atoms with van der Waals surface area (Å²) in [6.07, 6.45) is 1.60. The molecule has 0 atom stereocenters. The molecule has 1 amide bonds. The highest BCUT2D eigenvalue weighted by molar-refractivity contribution is 9.10. The molecule has 18 heavy (non-hydrogen) atoms. The van der Waals surface area contributed by atoms with Gasteiger partial charge < -0.3 is 11.1 Å². The van der Waals surface area contributed by atoms with Gasteiger partial charge in [-0.3, -0.25) is 4.79 Å². The molecule has 6 heteroatoms. The lowest BCUT2D eigenvalue weighted by Gasteiger charge is -2.08. The Balaban J connectivity index is 2.25. The molecule has 4 nitrogen and oxygen atoms in total. The van der Waals surface area contributed by atoms with E-state index in [9.17, 15) is 4.79 Å². The molecule has 0 unspecified atom stereocenters. The van der Waals surface area contributed by atoms with Gasteiger partial charge in [-0.25, -0.2) is 4.98 Å². The minimum Gasteiger partial charge on any atom is -0.398 e. The Labute approximate surface area is 121 Å². The lowest BCUT2D eigenvalue weighted by Crippen LogP contribution is -2.15. The second-order valence-electron chi connectivity index (χ2n) is 3.52. The Morgan fingerprint density at radius 2 is 2.06 bits per heavy atom. The highest BCUT2D eigenvalue weighted by Gasteiger charge is 2.12. The SMILES string of the molecule is Nc1cc(Br)ccc1C(=O)Nc1ncccc1Br. The molecule has 0 bridgehead atoms. The van der Waals surface area contributed by atoms with Crippen LogP contribution in [0.2, 0.25) is 0 Å². The van der Waals surface area contributed by atoms with Gasteiger partial charge in [0, 0.05) is 16.4 Å². The summed E-state index contributed by atoms with van der Waals surface area (Å²) < 4.78 is 1.55. The third-order valence-corrected chi connectivity index (χ3v) is 3.38. The third-order valence-electron chi connectivity index (χ3n) is 2.25. The summed E-state index contributed by atoms with van der Waals surface area (Å²) in [7, 11) is 0. The van der Waals surface area contributed by atoms with Gasteiger partial charge in [-0.15, -0.1) is 0 Å². The Bertz CT molecular complexity index is 602. The van der Waals surface area contributed by atoms with Crippen molar-refractivity contribution in [1.82, 2.24) is 4.98 Å². The number of aromatic nitrogens is 1. The zero-order valence-corrected chi connectivity index (χ0v) is 12.3. The number of carbonyl (C=O) groups is 1. The maximum atomic E-state index is 12.0. The molecule has 3 N–H and O–H groups in total. The van der Waals surface area contributed by atoms with Crippen molar-refractivity contribution in [3.63, 3.8) is 0 Å². The fourth-order valence-electron chi connectivity index (χ4n) is 1.39. The zero-order chi connectivity index (χ0) is 13.1. The summed E-state index contributed by atoms with van der Waals surface area (Å²) in [5.74, 6) is 0.171. The smallest absolute Gasteiger partial charge is 0.258 e. The number of benzene rings is 1. The second kappa shape index (κ2) is 5.49. The topological polar surface area (TPSA) is 68.0 Å². The highest BCUT2D eigenvalue weighted by Crippen LogP contribution is 2.22. The molecule has 0 aliphatic carbocycles. The van der Waals surface area contributed by atoms with E-state index in [4.69, 9.17) is 5.73 Å². The number of pyridine rings is 1. The summed E-state index contributed by atoms with van der Waals surface area (Å²) in [6, 6.07) is 8.67. The number of nitrogens with zero attached hydrogens (tertiary/aromatic N) is 1. The standard InChI is InChI=1S/C12H9Br2N3O/c13-7-3-4-8(10(15)6-7)12(18)17-11-9(14)2-1-5-16-11/h1-6H,15H2,(H,16,17,18). The monoisotopic (exact) mass is 369 g/mol. The van der Waals surface area contributed by atoms with Crippen LogP contribution in [0, 0.1) is 0 Å². The summed E-state index contributed by atoms with van der Waals surface area (Å²) in [5.41, 5.74) is 6.61. The Kier molecular flexibility index (Phi) is 3.98. The lowest BCUT2D eigenvalue weighted by molar-refractivity contribution is 0.102. The molecular weight excluding hydrogens is 362 g/mol. The molecule has 92 valence electrons. The van der Waals surface area contributed by atoms with Crippen LogP contribution in [-0.4, -0.2) is 10.9 Å². The van der Waals surface area contributed by atoms with E-state index in [1.165, 1.54) is 0 Å². The molecule has 0 aliphatic rings. The number of rotatable bonds is 2. The largest absolute Gasteiger partial charge is 0.398 e. The molecule has 1 heterocycles. The van der Waals surface area contributed by atoms with E-state index in [-0.39, 0.29) is 5.91 Å². The molecule has 0 saturated carbocycles. The number of hydrogen-bond acceptors (Lipinski definition) is 3. The number of nitrogens with two attached hydrogens (primary N) is 1. The van der Waals surface area contributed by atoms with Gasteiger partial charge in [0.1, 0.15) is 5.82 Å². The fourth-order valence-corrected chi connectivity index (χ4v) is 2.13. The van der Waals surface area contributed by atoms with Gasteiger partial charge in [-0.05, 0) is 46.3 Å². The van der Waals surface area contributed by atoms with Crippen LogP contribution < -0.4 is 11.1 Å². The fraction of sp³-hybridized carbons (Fsp3) is 0. The number of carbonyl (C=O) groups excluding carboxylic acids is 1. The van der Waals surface area contributed by atoms with E-state index in [2.05, 4.69) is 42.2 Å². The van der Waals surface area contributed by atoms with Gasteiger partial charge in [0.25, 0.3) is 5.91 Å². The average molecular weight is 371 g/mol. The van der Waals surface area contributed by atoms with Crippen LogP contribution in [0.5, 0.6) is 0 Å². The molecule has 2 aromatic rings. The van der Waals surface area contributed by atoms with Crippen molar-refractivity contribution in [3.05, 3.63) is 51.0 Å². The van der Waals surface area contributed by atoms with Gasteiger partial charge in [-0.1, -0.05) is 15.9 Å². The first-order chi connectivity index (χ1) is 8.58. The number of halogens is 2. The molecule has 0 saturated heterocycles. The van der Waals surface area contributed by atoms with E-state index in [0.29, 0.717) is 21.5 Å². The first-order valence-electron chi connectivity index (χ1n) is 5.05. The summed E-state index contributed by atoms with van der Waals surface area (Å²) >= 11 is 6.60. The summed E-state index contributed by atoms with van der Waals surface area (Å²) in [6.45, 7) is 0. The molecule has 1 aromatic carbocycles. The van der Waals surface area contributed by atoms with Gasteiger partial charge in [0.05, 0.1) is 10.0 Å². The second-order valence-corrected chi connectivity index (χ2v) is 5.29. The van der Waals surface area contributed by atoms with Crippen LogP contribution in [-0.2, 0) is 0 Å². The van der Waals surface area contributed by atoms with Crippen molar-refractivity contribution in [2.24, 2.45) is 0 Å². The van der Waals surface area contributed by atoms with Crippen LogP contribution in [0.1, 0.15) is 10.4 Å². The van der Waals surface area contributed by atoms with Crippen LogP contribution in [0.3, 0.4) is 0 Å². The zero-order valence-electron chi connectivity index (χ0n) is 9.15. The van der Waals surface area contributed by atoms with Crippen molar-refractivity contribution >= 4 is 49.3 Å². The average Bonchev–Trinajstić information content (AvgIpc) is 2.32. The van der Waals surface area contributed by atoms with Crippen molar-refractivity contribution in [3.8, 4) is 0 Å². The van der Waals surface area contributed by atoms with Gasteiger partial charge in [0.2, 0.25) is 0 Å². The van der Waals surface area contributed by atoms with Crippen molar-refractivity contribution in [2.45, 2.75) is 0 Å². The summed E-state index contributed by atoms with van der Waals surface area (Å²) in [4.78, 5) is 16.1. The Morgan fingerprint density at radius 3 is 2.72 bits per heavy atom. The molecule has 0 spiro atoms. The van der Waals surface area contributed by atoms with E-state index < -0.39 is 0 Å². The predicted molar refractivity (Wildman–Crippen MR) is 78.4 cm³/mol. The maximum absolute atomic E-state index is 12.0. The van der Waals surface area contributed by atoms with Gasteiger partial charge >= 0.3 is 0 Å². The Hall–Kier alpha value is -1.40. The quantitative estimate of drug-likeness (QED) is 0.795. The van der Waals surface area contributed by atoms with Crippen LogP contribution >= 0.6 is 31.9 Å². The van der Waals surface area contributed by atoms with E-state index in [1.54, 1.807) is 36.5 Å². The minimum atomic E-state index is -0.292. The molecule has 0 radical (unpaired) electrons. The number of anilines is 2. The molecule has 2 rings (SSSR count). The molecular formula is C12H9Br2N3O. The van der Waals surface area contributed by atoms with Crippen molar-refractivity contribution in [1.29, 1.82) is 0 Å². The maximum Gasteiger partial charge on any atom is 0.258 e. The predicted octanol–water partition coefficient (Wildman–Crippen LogP) is 3.44. The lowest BCUT2D eigenvalue weighted by atomic mass is 10.1. The van der Waals surface area contributed by atoms with Crippen molar-refractivity contribution < 1.29 is 4.79 Å². The van der Waals surface area contributed by atoms with Crippen LogP contribution in [0.15, 0.2) is 45.5 Å². The van der Waals surface area contributed by atoms with E-state index in [1.807, 2.05) is 0 Å². The minimum absolute atomic E-state index is 0.292.